The van der Waals surface area contributed by atoms with E-state index in [1.54, 1.807) is 12.1 Å². The average Bonchev–Trinajstić information content (AvgIpc) is 2.68. The summed E-state index contributed by atoms with van der Waals surface area (Å²) in [7, 11) is 0. The zero-order chi connectivity index (χ0) is 14.4. The van der Waals surface area contributed by atoms with Crippen molar-refractivity contribution in [3.05, 3.63) is 22.2 Å². The lowest BCUT2D eigenvalue weighted by Crippen LogP contribution is -2.54. The molecule has 3 rings (SSSR count). The number of halogens is 1. The van der Waals surface area contributed by atoms with Crippen molar-refractivity contribution in [1.82, 2.24) is 5.32 Å². The number of nitrogens with zero attached hydrogens (tertiary/aromatic N) is 1. The van der Waals surface area contributed by atoms with E-state index in [0.29, 0.717) is 28.8 Å². The number of rotatable bonds is 1. The van der Waals surface area contributed by atoms with E-state index in [0.717, 1.165) is 5.69 Å². The van der Waals surface area contributed by atoms with Crippen LogP contribution >= 0.6 is 15.9 Å². The normalized spacial score (nSPS) is 21.6. The van der Waals surface area contributed by atoms with E-state index in [1.165, 1.54) is 0 Å². The summed E-state index contributed by atoms with van der Waals surface area (Å²) < 4.78 is 0.697. The first kappa shape index (κ1) is 13.1. The number of ketones is 1. The van der Waals surface area contributed by atoms with Crippen molar-refractivity contribution >= 4 is 44.9 Å². The molecule has 1 aromatic rings. The Kier molecular flexibility index (Phi) is 3.01. The third kappa shape index (κ3) is 1.89. The predicted octanol–water partition coefficient (Wildman–Crippen LogP) is 0.909. The number of fused-ring (bicyclic) bond motifs is 1. The van der Waals surface area contributed by atoms with Crippen LogP contribution in [0.15, 0.2) is 16.6 Å². The fraction of sp³-hybridized carbons (Fsp3) is 0.308. The van der Waals surface area contributed by atoms with Crippen molar-refractivity contribution in [2.45, 2.75) is 13.0 Å². The van der Waals surface area contributed by atoms with Crippen LogP contribution < -0.4 is 15.5 Å². The summed E-state index contributed by atoms with van der Waals surface area (Å²) in [5.74, 6) is -1.19. The molecule has 104 valence electrons. The minimum Gasteiger partial charge on any atom is -0.357 e. The monoisotopic (exact) mass is 337 g/mol. The molecular formula is C13H12BrN3O3. The lowest BCUT2D eigenvalue weighted by atomic mass is 10.1. The van der Waals surface area contributed by atoms with Crippen molar-refractivity contribution in [1.29, 1.82) is 0 Å². The summed E-state index contributed by atoms with van der Waals surface area (Å²) in [6, 6.07) is 3.06. The number of nitrogens with one attached hydrogen (secondary N) is 2. The maximum absolute atomic E-state index is 11.7. The number of hydrogen-bond acceptors (Lipinski definition) is 4. The van der Waals surface area contributed by atoms with Crippen molar-refractivity contribution < 1.29 is 14.4 Å². The summed E-state index contributed by atoms with van der Waals surface area (Å²) >= 11 is 3.42. The minimum atomic E-state index is -0.617. The molecular weight excluding hydrogens is 326 g/mol. The fourth-order valence-electron chi connectivity index (χ4n) is 2.49. The van der Waals surface area contributed by atoms with Gasteiger partial charge in [0.1, 0.15) is 6.04 Å². The molecule has 2 heterocycles. The Morgan fingerprint density at radius 3 is 2.80 bits per heavy atom. The highest BCUT2D eigenvalue weighted by Crippen LogP contribution is 2.36. The van der Waals surface area contributed by atoms with E-state index in [1.807, 2.05) is 11.8 Å². The van der Waals surface area contributed by atoms with E-state index >= 15 is 0 Å². The van der Waals surface area contributed by atoms with Crippen molar-refractivity contribution in [3.8, 4) is 0 Å². The maximum atomic E-state index is 11.7. The van der Waals surface area contributed by atoms with Gasteiger partial charge in [0.25, 0.3) is 11.7 Å². The number of carbonyl (C=O) groups excluding carboxylic acids is 3. The molecule has 0 radical (unpaired) electrons. The smallest absolute Gasteiger partial charge is 0.296 e. The fourth-order valence-corrected chi connectivity index (χ4v) is 3.06. The highest BCUT2D eigenvalue weighted by molar-refractivity contribution is 9.10. The Bertz CT molecular complexity index is 644. The zero-order valence-corrected chi connectivity index (χ0v) is 12.3. The number of benzene rings is 1. The zero-order valence-electron chi connectivity index (χ0n) is 10.7. The van der Waals surface area contributed by atoms with E-state index in [2.05, 4.69) is 26.6 Å². The summed E-state index contributed by atoms with van der Waals surface area (Å²) in [5, 5.41) is 5.34. The number of Topliss-reactive ketones (excluding diaryl/α,β-unsaturated/α-hetero) is 1. The van der Waals surface area contributed by atoms with Gasteiger partial charge in [0.05, 0.1) is 16.9 Å². The van der Waals surface area contributed by atoms with Gasteiger partial charge in [-0.1, -0.05) is 0 Å². The van der Waals surface area contributed by atoms with E-state index < -0.39 is 11.7 Å². The van der Waals surface area contributed by atoms with Gasteiger partial charge in [0.2, 0.25) is 5.91 Å². The number of anilines is 2. The van der Waals surface area contributed by atoms with Gasteiger partial charge in [0.15, 0.2) is 0 Å². The molecule has 1 fully saturated rings. The summed E-state index contributed by atoms with van der Waals surface area (Å²) in [5.41, 5.74) is 1.65. The molecule has 0 saturated carbocycles. The SMILES string of the molecule is CC1C(=O)NCCN1c1cc2c(cc1Br)C(=O)C(=O)N2. The van der Waals surface area contributed by atoms with Gasteiger partial charge in [-0.3, -0.25) is 14.4 Å². The second-order valence-electron chi connectivity index (χ2n) is 4.79. The first-order valence-electron chi connectivity index (χ1n) is 6.22. The molecule has 7 heteroatoms. The third-order valence-electron chi connectivity index (χ3n) is 3.59. The molecule has 1 aromatic carbocycles. The van der Waals surface area contributed by atoms with Crippen LogP contribution in [0.5, 0.6) is 0 Å². The highest BCUT2D eigenvalue weighted by Gasteiger charge is 2.32. The van der Waals surface area contributed by atoms with Crippen LogP contribution in [-0.2, 0) is 9.59 Å². The van der Waals surface area contributed by atoms with E-state index in [9.17, 15) is 14.4 Å². The van der Waals surface area contributed by atoms with E-state index in [-0.39, 0.29) is 11.9 Å². The van der Waals surface area contributed by atoms with Gasteiger partial charge in [-0.25, -0.2) is 0 Å². The highest BCUT2D eigenvalue weighted by atomic mass is 79.9. The third-order valence-corrected chi connectivity index (χ3v) is 4.23. The number of amides is 2. The first-order valence-corrected chi connectivity index (χ1v) is 7.02. The Labute approximate surface area is 123 Å². The van der Waals surface area contributed by atoms with E-state index in [4.69, 9.17) is 0 Å². The van der Waals surface area contributed by atoms with Gasteiger partial charge in [-0.15, -0.1) is 0 Å². The van der Waals surface area contributed by atoms with Gasteiger partial charge in [-0.05, 0) is 35.0 Å². The summed E-state index contributed by atoms with van der Waals surface area (Å²) in [6.45, 7) is 3.06. The van der Waals surface area contributed by atoms with Crippen LogP contribution in [0.25, 0.3) is 0 Å². The molecule has 1 unspecified atom stereocenters. The Morgan fingerprint density at radius 1 is 1.30 bits per heavy atom. The first-order chi connectivity index (χ1) is 9.49. The lowest BCUT2D eigenvalue weighted by Gasteiger charge is -2.35. The maximum Gasteiger partial charge on any atom is 0.296 e. The van der Waals surface area contributed by atoms with Gasteiger partial charge >= 0.3 is 0 Å². The van der Waals surface area contributed by atoms with Crippen molar-refractivity contribution in [2.75, 3.05) is 23.3 Å². The molecule has 1 saturated heterocycles. The standard InChI is InChI=1S/C13H12BrN3O3/c1-6-12(19)15-2-3-17(6)10-5-9-7(4-8(10)14)11(18)13(20)16-9/h4-6H,2-3H2,1H3,(H,15,19)(H,16,18,20). The van der Waals surface area contributed by atoms with Crippen LogP contribution in [0, 0.1) is 0 Å². The lowest BCUT2D eigenvalue weighted by molar-refractivity contribution is -0.122. The minimum absolute atomic E-state index is 0.0382. The van der Waals surface area contributed by atoms with Gasteiger partial charge < -0.3 is 15.5 Å². The second kappa shape index (κ2) is 4.59. The molecule has 0 aromatic heterocycles. The summed E-state index contributed by atoms with van der Waals surface area (Å²) in [6.07, 6.45) is 0. The Morgan fingerprint density at radius 2 is 2.05 bits per heavy atom. The van der Waals surface area contributed by atoms with Crippen LogP contribution in [-0.4, -0.2) is 36.7 Å². The summed E-state index contributed by atoms with van der Waals surface area (Å²) in [4.78, 5) is 36.7. The molecule has 2 aliphatic rings. The van der Waals surface area contributed by atoms with Crippen LogP contribution in [0.4, 0.5) is 11.4 Å². The molecule has 0 bridgehead atoms. The molecule has 2 N–H and O–H groups in total. The quantitative estimate of drug-likeness (QED) is 0.746. The number of hydrogen-bond donors (Lipinski definition) is 2. The van der Waals surface area contributed by atoms with Crippen LogP contribution in [0.2, 0.25) is 0 Å². The number of carbonyl (C=O) groups is 3. The molecule has 2 amide bonds. The van der Waals surface area contributed by atoms with Gasteiger partial charge in [-0.2, -0.15) is 0 Å². The van der Waals surface area contributed by atoms with Gasteiger partial charge in [0, 0.05) is 17.6 Å². The Hall–Kier alpha value is -1.89. The molecule has 20 heavy (non-hydrogen) atoms. The van der Waals surface area contributed by atoms with Crippen molar-refractivity contribution in [2.24, 2.45) is 0 Å². The molecule has 0 spiro atoms. The largest absolute Gasteiger partial charge is 0.357 e. The van der Waals surface area contributed by atoms with Crippen LogP contribution in [0.1, 0.15) is 17.3 Å². The Balaban J connectivity index is 2.04. The number of piperazine rings is 1. The topological polar surface area (TPSA) is 78.5 Å². The molecule has 2 aliphatic heterocycles. The average molecular weight is 338 g/mol. The molecule has 0 aliphatic carbocycles. The molecule has 6 nitrogen and oxygen atoms in total. The van der Waals surface area contributed by atoms with Crippen molar-refractivity contribution in [3.63, 3.8) is 0 Å². The van der Waals surface area contributed by atoms with Crippen LogP contribution in [0.3, 0.4) is 0 Å². The predicted molar refractivity (Wildman–Crippen MR) is 76.9 cm³/mol. The second-order valence-corrected chi connectivity index (χ2v) is 5.65. The molecule has 1 atom stereocenters.